The minimum atomic E-state index is -0.361. The molecule has 142 valence electrons. The Balaban J connectivity index is 1.60. The average molecular weight is 368 g/mol. The second-order valence-corrected chi connectivity index (χ2v) is 6.47. The van der Waals surface area contributed by atoms with Gasteiger partial charge in [-0.1, -0.05) is 30.3 Å². The van der Waals surface area contributed by atoms with Crippen molar-refractivity contribution in [2.75, 3.05) is 32.2 Å². The topological polar surface area (TPSA) is 67.9 Å². The maximum Gasteiger partial charge on any atom is 0.227 e. The van der Waals surface area contributed by atoms with E-state index in [0.29, 0.717) is 30.3 Å². The Morgan fingerprint density at radius 2 is 1.93 bits per heavy atom. The molecule has 0 aliphatic carbocycles. The highest BCUT2D eigenvalue weighted by Crippen LogP contribution is 2.35. The Labute approximate surface area is 159 Å². The molecule has 3 rings (SSSR count). The van der Waals surface area contributed by atoms with Gasteiger partial charge in [0.25, 0.3) is 0 Å². The molecule has 27 heavy (non-hydrogen) atoms. The van der Waals surface area contributed by atoms with Crippen LogP contribution in [0.15, 0.2) is 48.5 Å². The third kappa shape index (κ3) is 4.39. The van der Waals surface area contributed by atoms with Crippen molar-refractivity contribution in [1.29, 1.82) is 0 Å². The van der Waals surface area contributed by atoms with Gasteiger partial charge in [-0.25, -0.2) is 0 Å². The second-order valence-electron chi connectivity index (χ2n) is 6.47. The summed E-state index contributed by atoms with van der Waals surface area (Å²) in [6, 6.07) is 15.3. The highest BCUT2D eigenvalue weighted by molar-refractivity contribution is 6.01. The van der Waals surface area contributed by atoms with Crippen LogP contribution in [0.2, 0.25) is 0 Å². The van der Waals surface area contributed by atoms with Crippen molar-refractivity contribution in [1.82, 2.24) is 5.32 Å². The summed E-state index contributed by atoms with van der Waals surface area (Å²) in [5.41, 5.74) is 1.83. The van der Waals surface area contributed by atoms with E-state index in [9.17, 15) is 9.59 Å². The Hall–Kier alpha value is -3.02. The van der Waals surface area contributed by atoms with Gasteiger partial charge in [-0.3, -0.25) is 9.59 Å². The van der Waals surface area contributed by atoms with Gasteiger partial charge in [0.05, 0.1) is 25.8 Å². The molecule has 0 spiro atoms. The van der Waals surface area contributed by atoms with Gasteiger partial charge in [0, 0.05) is 25.6 Å². The van der Waals surface area contributed by atoms with E-state index >= 15 is 0 Å². The third-order valence-electron chi connectivity index (χ3n) is 4.73. The molecule has 1 heterocycles. The van der Waals surface area contributed by atoms with Crippen LogP contribution in [0.5, 0.6) is 11.5 Å². The molecule has 6 heteroatoms. The molecule has 1 N–H and O–H groups in total. The molecule has 1 atom stereocenters. The Kier molecular flexibility index (Phi) is 5.96. The maximum absolute atomic E-state index is 12.5. The second kappa shape index (κ2) is 8.58. The van der Waals surface area contributed by atoms with Gasteiger partial charge >= 0.3 is 0 Å². The van der Waals surface area contributed by atoms with Gasteiger partial charge in [0.2, 0.25) is 11.8 Å². The van der Waals surface area contributed by atoms with Gasteiger partial charge in [-0.05, 0) is 24.1 Å². The summed E-state index contributed by atoms with van der Waals surface area (Å²) < 4.78 is 10.6. The van der Waals surface area contributed by atoms with E-state index in [1.54, 1.807) is 37.3 Å². The number of nitrogens with one attached hydrogen (secondary N) is 1. The van der Waals surface area contributed by atoms with Crippen LogP contribution >= 0.6 is 0 Å². The molecule has 2 aromatic carbocycles. The predicted octanol–water partition coefficient (Wildman–Crippen LogP) is 2.42. The Morgan fingerprint density at radius 1 is 1.15 bits per heavy atom. The summed E-state index contributed by atoms with van der Waals surface area (Å²) in [4.78, 5) is 26.5. The smallest absolute Gasteiger partial charge is 0.227 e. The number of anilines is 1. The van der Waals surface area contributed by atoms with Crippen molar-refractivity contribution < 1.29 is 19.1 Å². The lowest BCUT2D eigenvalue weighted by Gasteiger charge is -2.20. The van der Waals surface area contributed by atoms with Crippen LogP contribution in [0.1, 0.15) is 12.0 Å². The van der Waals surface area contributed by atoms with Crippen LogP contribution in [0.3, 0.4) is 0 Å². The van der Waals surface area contributed by atoms with Crippen molar-refractivity contribution in [3.05, 3.63) is 54.1 Å². The number of amides is 2. The van der Waals surface area contributed by atoms with Crippen LogP contribution in [0, 0.1) is 5.92 Å². The molecular weight excluding hydrogens is 344 g/mol. The molecule has 2 aromatic rings. The standard InChI is InChI=1S/C21H24N2O4/c1-26-17-8-9-18(19(13-17)27-2)23-14-16(12-20(23)24)21(25)22-11-10-15-6-4-3-5-7-15/h3-9,13,16H,10-12,14H2,1-2H3,(H,22,25). The first-order valence-electron chi connectivity index (χ1n) is 8.96. The van der Waals surface area contributed by atoms with Crippen LogP contribution in [-0.4, -0.2) is 39.1 Å². The molecule has 0 radical (unpaired) electrons. The normalized spacial score (nSPS) is 16.3. The average Bonchev–Trinajstić information content (AvgIpc) is 3.09. The molecule has 1 aliphatic heterocycles. The molecule has 1 unspecified atom stereocenters. The van der Waals surface area contributed by atoms with Gasteiger partial charge in [-0.2, -0.15) is 0 Å². The lowest BCUT2D eigenvalue weighted by molar-refractivity contribution is -0.126. The predicted molar refractivity (Wildman–Crippen MR) is 103 cm³/mol. The number of methoxy groups -OCH3 is 2. The fourth-order valence-electron chi connectivity index (χ4n) is 3.24. The number of nitrogens with zero attached hydrogens (tertiary/aromatic N) is 1. The highest BCUT2D eigenvalue weighted by Gasteiger charge is 2.36. The Morgan fingerprint density at radius 3 is 2.63 bits per heavy atom. The van der Waals surface area contributed by atoms with Gasteiger partial charge in [0.1, 0.15) is 11.5 Å². The van der Waals surface area contributed by atoms with E-state index < -0.39 is 0 Å². The van der Waals surface area contributed by atoms with Gasteiger partial charge in [0.15, 0.2) is 0 Å². The fraction of sp³-hybridized carbons (Fsp3) is 0.333. The van der Waals surface area contributed by atoms with Crippen LogP contribution < -0.4 is 19.7 Å². The molecule has 0 aromatic heterocycles. The van der Waals surface area contributed by atoms with Gasteiger partial charge in [-0.15, -0.1) is 0 Å². The lowest BCUT2D eigenvalue weighted by Crippen LogP contribution is -2.34. The molecule has 1 fully saturated rings. The van der Waals surface area contributed by atoms with E-state index in [-0.39, 0.29) is 24.2 Å². The SMILES string of the molecule is COc1ccc(N2CC(C(=O)NCCc3ccccc3)CC2=O)c(OC)c1. The zero-order valence-corrected chi connectivity index (χ0v) is 15.6. The van der Waals surface area contributed by atoms with Crippen molar-refractivity contribution in [2.24, 2.45) is 5.92 Å². The minimum Gasteiger partial charge on any atom is -0.497 e. The number of hydrogen-bond acceptors (Lipinski definition) is 4. The number of benzene rings is 2. The first-order valence-corrected chi connectivity index (χ1v) is 8.96. The minimum absolute atomic E-state index is 0.0818. The number of carbonyl (C=O) groups is 2. The van der Waals surface area contributed by atoms with E-state index in [4.69, 9.17) is 9.47 Å². The van der Waals surface area contributed by atoms with E-state index in [2.05, 4.69) is 5.32 Å². The van der Waals surface area contributed by atoms with Crippen molar-refractivity contribution >= 4 is 17.5 Å². The number of carbonyl (C=O) groups excluding carboxylic acids is 2. The molecule has 0 bridgehead atoms. The summed E-state index contributed by atoms with van der Waals surface area (Å²) in [5.74, 6) is 0.668. The summed E-state index contributed by atoms with van der Waals surface area (Å²) in [7, 11) is 3.12. The van der Waals surface area contributed by atoms with Crippen LogP contribution in [-0.2, 0) is 16.0 Å². The molecule has 1 aliphatic rings. The van der Waals surface area contributed by atoms with Crippen molar-refractivity contribution in [3.8, 4) is 11.5 Å². The zero-order valence-electron chi connectivity index (χ0n) is 15.6. The first-order chi connectivity index (χ1) is 13.1. The monoisotopic (exact) mass is 368 g/mol. The molecule has 6 nitrogen and oxygen atoms in total. The molecular formula is C21H24N2O4. The van der Waals surface area contributed by atoms with Gasteiger partial charge < -0.3 is 19.7 Å². The summed E-state index contributed by atoms with van der Waals surface area (Å²) >= 11 is 0. The fourth-order valence-corrected chi connectivity index (χ4v) is 3.24. The molecule has 2 amide bonds. The zero-order chi connectivity index (χ0) is 19.2. The maximum atomic E-state index is 12.5. The largest absolute Gasteiger partial charge is 0.497 e. The van der Waals surface area contributed by atoms with Crippen molar-refractivity contribution in [3.63, 3.8) is 0 Å². The summed E-state index contributed by atoms with van der Waals surface area (Å²) in [6.45, 7) is 0.901. The lowest BCUT2D eigenvalue weighted by atomic mass is 10.1. The van der Waals surface area contributed by atoms with E-state index in [0.717, 1.165) is 6.42 Å². The van der Waals surface area contributed by atoms with E-state index in [1.165, 1.54) is 5.56 Å². The quantitative estimate of drug-likeness (QED) is 0.815. The molecule has 0 saturated carbocycles. The highest BCUT2D eigenvalue weighted by atomic mass is 16.5. The Bertz CT molecular complexity index is 807. The van der Waals surface area contributed by atoms with Crippen molar-refractivity contribution in [2.45, 2.75) is 12.8 Å². The number of hydrogen-bond donors (Lipinski definition) is 1. The first kappa shape index (κ1) is 18.8. The molecule has 1 saturated heterocycles. The van der Waals surface area contributed by atoms with E-state index in [1.807, 2.05) is 30.3 Å². The van der Waals surface area contributed by atoms with Crippen LogP contribution in [0.25, 0.3) is 0 Å². The third-order valence-corrected chi connectivity index (χ3v) is 4.73. The van der Waals surface area contributed by atoms with Crippen LogP contribution in [0.4, 0.5) is 5.69 Å². The number of ether oxygens (including phenoxy) is 2. The summed E-state index contributed by atoms with van der Waals surface area (Å²) in [6.07, 6.45) is 0.968. The summed E-state index contributed by atoms with van der Waals surface area (Å²) in [5, 5.41) is 2.94. The number of rotatable bonds is 7.